The van der Waals surface area contributed by atoms with Crippen molar-refractivity contribution in [3.63, 3.8) is 0 Å². The molecule has 1 aromatic heterocycles. The minimum Gasteiger partial charge on any atom is -0.469 e. The fourth-order valence-electron chi connectivity index (χ4n) is 3.02. The van der Waals surface area contributed by atoms with Crippen molar-refractivity contribution in [2.45, 2.75) is 27.2 Å². The van der Waals surface area contributed by atoms with E-state index in [1.807, 2.05) is 6.92 Å². The van der Waals surface area contributed by atoms with Gasteiger partial charge in [0.25, 0.3) is 0 Å². The van der Waals surface area contributed by atoms with Gasteiger partial charge in [0, 0.05) is 38.0 Å². The van der Waals surface area contributed by atoms with Gasteiger partial charge in [-0.3, -0.25) is 9.79 Å². The Kier molecular flexibility index (Phi) is 8.41. The number of hydrogen-bond donors (Lipinski definition) is 1. The first-order valence-electron chi connectivity index (χ1n) is 7.92. The Labute approximate surface area is 165 Å². The molecule has 1 fully saturated rings. The number of rotatable bonds is 4. The summed E-state index contributed by atoms with van der Waals surface area (Å²) < 4.78 is 4.89. The van der Waals surface area contributed by atoms with Crippen molar-refractivity contribution in [1.29, 1.82) is 0 Å². The zero-order valence-corrected chi connectivity index (χ0v) is 18.1. The quantitative estimate of drug-likeness (QED) is 0.319. The molecule has 2 atom stereocenters. The largest absolute Gasteiger partial charge is 0.469 e. The fourth-order valence-corrected chi connectivity index (χ4v) is 3.96. The standard InChI is InChI=1S/C16H26N4O2S.HI/c1-10-8-20(9-13(10)15(21)22-5)16(17-4)18-7-6-14-11(2)19-12(3)23-14;/h10,13H,6-9H2,1-5H3,(H,17,18);1H. The van der Waals surface area contributed by atoms with Gasteiger partial charge in [-0.15, -0.1) is 35.3 Å². The zero-order valence-electron chi connectivity index (χ0n) is 15.0. The van der Waals surface area contributed by atoms with E-state index in [0.29, 0.717) is 6.54 Å². The molecule has 1 aromatic rings. The Balaban J connectivity index is 0.00000288. The van der Waals surface area contributed by atoms with Gasteiger partial charge in [0.15, 0.2) is 5.96 Å². The third-order valence-corrected chi connectivity index (χ3v) is 5.40. The van der Waals surface area contributed by atoms with Crippen molar-refractivity contribution in [2.24, 2.45) is 16.8 Å². The molecule has 0 aliphatic carbocycles. The number of aryl methyl sites for hydroxylation is 2. The van der Waals surface area contributed by atoms with Gasteiger partial charge >= 0.3 is 5.97 Å². The van der Waals surface area contributed by atoms with Crippen molar-refractivity contribution in [3.05, 3.63) is 15.6 Å². The molecular weight excluding hydrogens is 439 g/mol. The summed E-state index contributed by atoms with van der Waals surface area (Å²) >= 11 is 1.75. The van der Waals surface area contributed by atoms with E-state index in [2.05, 4.69) is 34.0 Å². The number of likely N-dealkylation sites (tertiary alicyclic amines) is 1. The number of guanidine groups is 1. The van der Waals surface area contributed by atoms with E-state index in [0.717, 1.165) is 36.2 Å². The molecular formula is C16H27IN4O2S. The number of aromatic nitrogens is 1. The van der Waals surface area contributed by atoms with Gasteiger partial charge in [-0.2, -0.15) is 0 Å². The second-order valence-corrected chi connectivity index (χ2v) is 7.27. The summed E-state index contributed by atoms with van der Waals surface area (Å²) in [5.41, 5.74) is 1.12. The van der Waals surface area contributed by atoms with Crippen molar-refractivity contribution in [3.8, 4) is 0 Å². The van der Waals surface area contributed by atoms with Gasteiger partial charge in [0.1, 0.15) is 0 Å². The number of methoxy groups -OCH3 is 1. The van der Waals surface area contributed by atoms with E-state index < -0.39 is 0 Å². The van der Waals surface area contributed by atoms with Crippen molar-refractivity contribution < 1.29 is 9.53 Å². The predicted octanol–water partition coefficient (Wildman–Crippen LogP) is 2.24. The molecule has 0 amide bonds. The number of aliphatic imine (C=N–C) groups is 1. The van der Waals surface area contributed by atoms with Crippen LogP contribution >= 0.6 is 35.3 Å². The molecule has 0 saturated carbocycles. The van der Waals surface area contributed by atoms with E-state index in [1.165, 1.54) is 12.0 Å². The molecule has 136 valence electrons. The van der Waals surface area contributed by atoms with Gasteiger partial charge in [0.2, 0.25) is 0 Å². The Hall–Kier alpha value is -0.900. The molecule has 8 heteroatoms. The van der Waals surface area contributed by atoms with Crippen LogP contribution in [0, 0.1) is 25.7 Å². The van der Waals surface area contributed by atoms with Gasteiger partial charge < -0.3 is 15.0 Å². The van der Waals surface area contributed by atoms with Crippen LogP contribution in [0.25, 0.3) is 0 Å². The number of ether oxygens (including phenoxy) is 1. The van der Waals surface area contributed by atoms with Crippen LogP contribution < -0.4 is 5.32 Å². The highest BCUT2D eigenvalue weighted by Gasteiger charge is 2.36. The first-order valence-corrected chi connectivity index (χ1v) is 8.74. The number of hydrogen-bond acceptors (Lipinski definition) is 5. The number of carbonyl (C=O) groups excluding carboxylic acids is 1. The summed E-state index contributed by atoms with van der Waals surface area (Å²) in [4.78, 5) is 24.1. The lowest BCUT2D eigenvalue weighted by atomic mass is 9.99. The predicted molar refractivity (Wildman–Crippen MR) is 108 cm³/mol. The number of thiazole rings is 1. The maximum absolute atomic E-state index is 11.8. The van der Waals surface area contributed by atoms with Crippen LogP contribution in [0.4, 0.5) is 0 Å². The average Bonchev–Trinajstić information content (AvgIpc) is 3.05. The van der Waals surface area contributed by atoms with Crippen LogP contribution in [-0.2, 0) is 16.0 Å². The number of nitrogens with one attached hydrogen (secondary N) is 1. The summed E-state index contributed by atoms with van der Waals surface area (Å²) in [5, 5.41) is 4.50. The molecule has 0 spiro atoms. The second kappa shape index (κ2) is 9.55. The second-order valence-electron chi connectivity index (χ2n) is 5.98. The maximum Gasteiger partial charge on any atom is 0.310 e. The van der Waals surface area contributed by atoms with Gasteiger partial charge in [-0.25, -0.2) is 4.98 Å². The first kappa shape index (κ1) is 21.1. The monoisotopic (exact) mass is 466 g/mol. The molecule has 2 rings (SSSR count). The van der Waals surface area contributed by atoms with E-state index >= 15 is 0 Å². The molecule has 24 heavy (non-hydrogen) atoms. The van der Waals surface area contributed by atoms with E-state index in [-0.39, 0.29) is 41.8 Å². The molecule has 1 aliphatic rings. The minimum atomic E-state index is -0.133. The van der Waals surface area contributed by atoms with Crippen molar-refractivity contribution >= 4 is 47.2 Å². The first-order chi connectivity index (χ1) is 11.0. The topological polar surface area (TPSA) is 66.8 Å². The zero-order chi connectivity index (χ0) is 17.0. The third kappa shape index (κ3) is 5.05. The summed E-state index contributed by atoms with van der Waals surface area (Å²) in [5.74, 6) is 0.908. The highest BCUT2D eigenvalue weighted by atomic mass is 127. The summed E-state index contributed by atoms with van der Waals surface area (Å²) in [6.45, 7) is 8.45. The highest BCUT2D eigenvalue weighted by Crippen LogP contribution is 2.24. The summed E-state index contributed by atoms with van der Waals surface area (Å²) in [6.07, 6.45) is 0.931. The van der Waals surface area contributed by atoms with Crippen LogP contribution in [-0.4, -0.2) is 55.6 Å². The summed E-state index contributed by atoms with van der Waals surface area (Å²) in [6, 6.07) is 0. The lowest BCUT2D eigenvalue weighted by Crippen LogP contribution is -2.41. The SMILES string of the molecule is CN=C(NCCc1sc(C)nc1C)N1CC(C)C(C(=O)OC)C1.I. The molecule has 2 heterocycles. The van der Waals surface area contributed by atoms with Crippen molar-refractivity contribution in [1.82, 2.24) is 15.2 Å². The molecule has 0 bridgehead atoms. The normalized spacial score (nSPS) is 20.7. The number of nitrogens with zero attached hydrogens (tertiary/aromatic N) is 3. The van der Waals surface area contributed by atoms with Gasteiger partial charge in [-0.1, -0.05) is 6.92 Å². The lowest BCUT2D eigenvalue weighted by molar-refractivity contribution is -0.145. The molecule has 2 unspecified atom stereocenters. The van der Waals surface area contributed by atoms with E-state index in [4.69, 9.17) is 4.74 Å². The van der Waals surface area contributed by atoms with E-state index in [1.54, 1.807) is 18.4 Å². The number of halogens is 1. The van der Waals surface area contributed by atoms with Crippen LogP contribution in [0.15, 0.2) is 4.99 Å². The smallest absolute Gasteiger partial charge is 0.310 e. The molecule has 6 nitrogen and oxygen atoms in total. The Bertz CT molecular complexity index is 591. The van der Waals surface area contributed by atoms with Crippen LogP contribution in [0.1, 0.15) is 22.5 Å². The van der Waals surface area contributed by atoms with Gasteiger partial charge in [-0.05, 0) is 19.8 Å². The molecule has 0 radical (unpaired) electrons. The molecule has 1 aliphatic heterocycles. The lowest BCUT2D eigenvalue weighted by Gasteiger charge is -2.21. The highest BCUT2D eigenvalue weighted by molar-refractivity contribution is 14.0. The van der Waals surface area contributed by atoms with E-state index in [9.17, 15) is 4.79 Å². The molecule has 0 aromatic carbocycles. The summed E-state index contributed by atoms with van der Waals surface area (Å²) in [7, 11) is 3.23. The Morgan fingerprint density at radius 1 is 1.46 bits per heavy atom. The maximum atomic E-state index is 11.8. The Morgan fingerprint density at radius 2 is 2.17 bits per heavy atom. The van der Waals surface area contributed by atoms with Crippen LogP contribution in [0.5, 0.6) is 0 Å². The fraction of sp³-hybridized carbons (Fsp3) is 0.688. The minimum absolute atomic E-state index is 0. The average molecular weight is 466 g/mol. The number of carbonyl (C=O) groups is 1. The van der Waals surface area contributed by atoms with Gasteiger partial charge in [0.05, 0.1) is 23.7 Å². The Morgan fingerprint density at radius 3 is 2.71 bits per heavy atom. The third-order valence-electron chi connectivity index (χ3n) is 4.26. The molecule has 1 saturated heterocycles. The number of esters is 1. The molecule has 1 N–H and O–H groups in total. The van der Waals surface area contributed by atoms with Crippen molar-refractivity contribution in [2.75, 3.05) is 33.8 Å². The van der Waals surface area contributed by atoms with Crippen LogP contribution in [0.2, 0.25) is 0 Å². The van der Waals surface area contributed by atoms with Crippen LogP contribution in [0.3, 0.4) is 0 Å².